The number of carbonyl (C=O) groups excluding carboxylic acids is 1. The first-order valence-electron chi connectivity index (χ1n) is 5.31. The summed E-state index contributed by atoms with van der Waals surface area (Å²) in [5, 5.41) is 18.2. The standard InChI is InChI=1S/C6H12O15S3/c7-1-3(9)5(20-23(13,14)15)6(21-24(16,17)18)4(2-8)19-22(10,11)12/h2-7,9H,1H2,(H,10,11,12)(H,13,14,15)(H,16,17,18)/t3-,4+,5-,6-/m1/s1. The number of aldehydes is 1. The van der Waals surface area contributed by atoms with Crippen LogP contribution >= 0.6 is 0 Å². The molecule has 0 saturated heterocycles. The first-order chi connectivity index (χ1) is 10.6. The van der Waals surface area contributed by atoms with Crippen molar-refractivity contribution in [3.8, 4) is 0 Å². The van der Waals surface area contributed by atoms with Crippen molar-refractivity contribution in [3.63, 3.8) is 0 Å². The molecule has 0 aromatic rings. The van der Waals surface area contributed by atoms with Crippen molar-refractivity contribution < 1.29 is 66.5 Å². The van der Waals surface area contributed by atoms with E-state index in [1.54, 1.807) is 0 Å². The normalized spacial score (nSPS) is 18.5. The molecule has 0 unspecified atom stereocenters. The number of hydrogen-bond acceptors (Lipinski definition) is 12. The zero-order valence-electron chi connectivity index (χ0n) is 11.1. The Morgan fingerprint density at radius 1 is 0.792 bits per heavy atom. The van der Waals surface area contributed by atoms with Crippen LogP contribution in [0.4, 0.5) is 0 Å². The molecular weight excluding hydrogens is 408 g/mol. The zero-order valence-corrected chi connectivity index (χ0v) is 13.6. The van der Waals surface area contributed by atoms with Gasteiger partial charge in [0.25, 0.3) is 0 Å². The molecule has 0 aromatic heterocycles. The maximum absolute atomic E-state index is 10.8. The lowest BCUT2D eigenvalue weighted by Crippen LogP contribution is -2.52. The molecule has 144 valence electrons. The Hall–Kier alpha value is -0.800. The van der Waals surface area contributed by atoms with E-state index >= 15 is 0 Å². The summed E-state index contributed by atoms with van der Waals surface area (Å²) < 4.78 is 101. The second-order valence-corrected chi connectivity index (χ2v) is 7.00. The third-order valence-electron chi connectivity index (χ3n) is 2.05. The van der Waals surface area contributed by atoms with Crippen LogP contribution in [-0.4, -0.2) is 86.4 Å². The molecule has 0 amide bonds. The molecule has 18 heteroatoms. The van der Waals surface area contributed by atoms with Gasteiger partial charge in [-0.3, -0.25) is 13.7 Å². The topological polar surface area (TPSA) is 248 Å². The summed E-state index contributed by atoms with van der Waals surface area (Å²) >= 11 is 0. The van der Waals surface area contributed by atoms with Crippen LogP contribution in [0.2, 0.25) is 0 Å². The molecule has 0 fully saturated rings. The van der Waals surface area contributed by atoms with E-state index in [1.165, 1.54) is 0 Å². The van der Waals surface area contributed by atoms with Gasteiger partial charge >= 0.3 is 31.2 Å². The summed E-state index contributed by atoms with van der Waals surface area (Å²) in [5.74, 6) is 0. The molecule has 0 aliphatic rings. The van der Waals surface area contributed by atoms with E-state index < -0.39 is 68.5 Å². The highest BCUT2D eigenvalue weighted by molar-refractivity contribution is 7.81. The SMILES string of the molecule is O=C[C@H](OS(=O)(=O)O)[C@@H](OS(=O)(=O)O)[C@H](OS(=O)(=O)O)[C@H](O)CO. The average molecular weight is 420 g/mol. The minimum absolute atomic E-state index is 0.534. The lowest BCUT2D eigenvalue weighted by Gasteiger charge is -2.29. The van der Waals surface area contributed by atoms with Crippen LogP contribution in [0.3, 0.4) is 0 Å². The summed E-state index contributed by atoms with van der Waals surface area (Å²) in [6, 6.07) is 0. The van der Waals surface area contributed by atoms with Crippen LogP contribution in [0.1, 0.15) is 0 Å². The average Bonchev–Trinajstić information content (AvgIpc) is 2.36. The second-order valence-electron chi connectivity index (χ2n) is 3.85. The summed E-state index contributed by atoms with van der Waals surface area (Å²) in [6.07, 6.45) is -11.1. The van der Waals surface area contributed by atoms with E-state index in [9.17, 15) is 35.2 Å². The van der Waals surface area contributed by atoms with Crippen molar-refractivity contribution in [1.29, 1.82) is 0 Å². The van der Waals surface area contributed by atoms with E-state index in [-0.39, 0.29) is 0 Å². The van der Waals surface area contributed by atoms with Gasteiger partial charge in [0, 0.05) is 0 Å². The Bertz CT molecular complexity index is 719. The van der Waals surface area contributed by atoms with E-state index in [0.29, 0.717) is 0 Å². The molecule has 0 aliphatic carbocycles. The van der Waals surface area contributed by atoms with Gasteiger partial charge in [-0.05, 0) is 0 Å². The van der Waals surface area contributed by atoms with Gasteiger partial charge in [0.1, 0.15) is 18.3 Å². The largest absolute Gasteiger partial charge is 0.398 e. The van der Waals surface area contributed by atoms with Crippen molar-refractivity contribution in [2.75, 3.05) is 6.61 Å². The van der Waals surface area contributed by atoms with Crippen molar-refractivity contribution in [2.45, 2.75) is 24.4 Å². The van der Waals surface area contributed by atoms with Gasteiger partial charge in [0.2, 0.25) is 0 Å². The molecule has 0 spiro atoms. The van der Waals surface area contributed by atoms with E-state index in [2.05, 4.69) is 12.5 Å². The summed E-state index contributed by atoms with van der Waals surface area (Å²) in [7, 11) is -16.5. The van der Waals surface area contributed by atoms with E-state index in [0.717, 1.165) is 0 Å². The van der Waals surface area contributed by atoms with Gasteiger partial charge in [-0.15, -0.1) is 0 Å². The molecule has 0 bridgehead atoms. The fourth-order valence-corrected chi connectivity index (χ4v) is 2.77. The van der Waals surface area contributed by atoms with Crippen molar-refractivity contribution >= 4 is 37.5 Å². The molecule has 0 aliphatic heterocycles. The molecule has 24 heavy (non-hydrogen) atoms. The van der Waals surface area contributed by atoms with E-state index in [1.807, 2.05) is 0 Å². The minimum atomic E-state index is -5.54. The number of carbonyl (C=O) groups is 1. The Morgan fingerprint density at radius 2 is 1.17 bits per heavy atom. The van der Waals surface area contributed by atoms with Gasteiger partial charge < -0.3 is 15.0 Å². The molecule has 0 rings (SSSR count). The molecule has 5 N–H and O–H groups in total. The van der Waals surface area contributed by atoms with Crippen molar-refractivity contribution in [1.82, 2.24) is 0 Å². The fourth-order valence-electron chi connectivity index (χ4n) is 1.31. The summed E-state index contributed by atoms with van der Waals surface area (Å²) in [5.41, 5.74) is 0. The van der Waals surface area contributed by atoms with Crippen LogP contribution in [0.15, 0.2) is 0 Å². The second kappa shape index (κ2) is 8.53. The predicted octanol–water partition coefficient (Wildman–Crippen LogP) is -3.90. The Kier molecular flexibility index (Phi) is 8.25. The Balaban J connectivity index is 6.04. The fraction of sp³-hybridized carbons (Fsp3) is 0.833. The van der Waals surface area contributed by atoms with Crippen LogP contribution < -0.4 is 0 Å². The molecule has 4 atom stereocenters. The molecule has 0 saturated carbocycles. The maximum Gasteiger partial charge on any atom is 0.398 e. The Labute approximate surface area is 135 Å². The van der Waals surface area contributed by atoms with Gasteiger partial charge in [-0.1, -0.05) is 0 Å². The number of hydrogen-bond donors (Lipinski definition) is 5. The third kappa shape index (κ3) is 9.48. The number of rotatable bonds is 11. The lowest BCUT2D eigenvalue weighted by molar-refractivity contribution is -0.127. The lowest BCUT2D eigenvalue weighted by atomic mass is 10.0. The highest BCUT2D eigenvalue weighted by Crippen LogP contribution is 2.19. The quantitative estimate of drug-likeness (QED) is 0.158. The highest BCUT2D eigenvalue weighted by Gasteiger charge is 2.43. The molecule has 0 heterocycles. The minimum Gasteiger partial charge on any atom is -0.394 e. The van der Waals surface area contributed by atoms with Gasteiger partial charge in [-0.2, -0.15) is 25.3 Å². The van der Waals surface area contributed by atoms with Crippen LogP contribution in [0.5, 0.6) is 0 Å². The van der Waals surface area contributed by atoms with Crippen LogP contribution in [0.25, 0.3) is 0 Å². The molecular formula is C6H12O15S3. The summed E-state index contributed by atoms with van der Waals surface area (Å²) in [6.45, 7) is -1.37. The maximum atomic E-state index is 10.8. The number of aliphatic hydroxyl groups is 2. The molecule has 0 radical (unpaired) electrons. The van der Waals surface area contributed by atoms with Crippen molar-refractivity contribution in [3.05, 3.63) is 0 Å². The third-order valence-corrected chi connectivity index (χ3v) is 3.44. The smallest absolute Gasteiger partial charge is 0.394 e. The van der Waals surface area contributed by atoms with E-state index in [4.69, 9.17) is 18.8 Å². The predicted molar refractivity (Wildman–Crippen MR) is 68.4 cm³/mol. The number of aliphatic hydroxyl groups excluding tert-OH is 2. The molecule has 15 nitrogen and oxygen atoms in total. The van der Waals surface area contributed by atoms with Crippen molar-refractivity contribution in [2.24, 2.45) is 0 Å². The molecule has 0 aromatic carbocycles. The van der Waals surface area contributed by atoms with Crippen LogP contribution in [-0.2, 0) is 48.5 Å². The van der Waals surface area contributed by atoms with Gasteiger partial charge in [0.15, 0.2) is 12.4 Å². The van der Waals surface area contributed by atoms with Crippen LogP contribution in [0, 0.1) is 0 Å². The monoisotopic (exact) mass is 420 g/mol. The zero-order chi connectivity index (χ0) is 19.3. The van der Waals surface area contributed by atoms with Gasteiger partial charge in [-0.25, -0.2) is 12.5 Å². The van der Waals surface area contributed by atoms with Gasteiger partial charge in [0.05, 0.1) is 6.61 Å². The highest BCUT2D eigenvalue weighted by atomic mass is 32.3. The first-order valence-corrected chi connectivity index (χ1v) is 9.40. The summed E-state index contributed by atoms with van der Waals surface area (Å²) in [4.78, 5) is 10.8. The first kappa shape index (κ1) is 23.2. The Morgan fingerprint density at radius 3 is 1.46 bits per heavy atom.